The lowest BCUT2D eigenvalue weighted by atomic mass is 10.1. The molecule has 10 heteroatoms. The number of benzene rings is 1. The quantitative estimate of drug-likeness (QED) is 0.624. The third-order valence-electron chi connectivity index (χ3n) is 5.31. The topological polar surface area (TPSA) is 106 Å². The number of nitrogens with zero attached hydrogens (tertiary/aromatic N) is 4. The van der Waals surface area contributed by atoms with Crippen LogP contribution in [0.3, 0.4) is 0 Å². The zero-order chi connectivity index (χ0) is 21.3. The molecule has 158 valence electrons. The van der Waals surface area contributed by atoms with Gasteiger partial charge < -0.3 is 11.1 Å². The molecule has 1 fully saturated rings. The van der Waals surface area contributed by atoms with E-state index >= 15 is 0 Å². The number of anilines is 2. The second-order valence-electron chi connectivity index (χ2n) is 7.25. The average molecular weight is 447 g/mol. The third-order valence-corrected chi connectivity index (χ3v) is 7.36. The summed E-state index contributed by atoms with van der Waals surface area (Å²) >= 11 is 6.02. The highest BCUT2D eigenvalue weighted by Crippen LogP contribution is 2.30. The molecule has 3 heterocycles. The summed E-state index contributed by atoms with van der Waals surface area (Å²) in [5.41, 5.74) is 7.82. The molecule has 0 spiro atoms. The van der Waals surface area contributed by atoms with Crippen molar-refractivity contribution in [2.45, 2.75) is 23.8 Å². The summed E-state index contributed by atoms with van der Waals surface area (Å²) in [6, 6.07) is 8.50. The molecule has 3 aromatic rings. The van der Waals surface area contributed by atoms with E-state index in [0.717, 1.165) is 35.8 Å². The van der Waals surface area contributed by atoms with E-state index in [1.807, 2.05) is 10.9 Å². The lowest BCUT2D eigenvalue weighted by Crippen LogP contribution is -2.29. The fourth-order valence-corrected chi connectivity index (χ4v) is 5.00. The summed E-state index contributed by atoms with van der Waals surface area (Å²) in [6.07, 6.45) is 7.24. The Morgan fingerprint density at radius 3 is 2.70 bits per heavy atom. The van der Waals surface area contributed by atoms with Crippen LogP contribution in [-0.4, -0.2) is 43.3 Å². The first kappa shape index (κ1) is 20.6. The average Bonchev–Trinajstić information content (AvgIpc) is 3.24. The van der Waals surface area contributed by atoms with Crippen LogP contribution in [0, 0.1) is 0 Å². The molecule has 0 aliphatic carbocycles. The van der Waals surface area contributed by atoms with Crippen LogP contribution in [0.1, 0.15) is 18.9 Å². The van der Waals surface area contributed by atoms with Gasteiger partial charge in [-0.2, -0.15) is 5.10 Å². The number of aromatic nitrogens is 3. The smallest absolute Gasteiger partial charge is 0.267 e. The Morgan fingerprint density at radius 2 is 1.97 bits per heavy atom. The predicted octanol–water partition coefficient (Wildman–Crippen LogP) is 2.93. The minimum absolute atomic E-state index is 0.0571. The monoisotopic (exact) mass is 446 g/mol. The minimum atomic E-state index is -3.93. The number of nitrogen functional groups attached to an aromatic ring is 1. The van der Waals surface area contributed by atoms with Crippen molar-refractivity contribution in [3.8, 4) is 11.1 Å². The maximum atomic E-state index is 13.2. The maximum absolute atomic E-state index is 13.2. The number of rotatable bonds is 5. The van der Waals surface area contributed by atoms with Crippen molar-refractivity contribution in [3.63, 3.8) is 0 Å². The summed E-state index contributed by atoms with van der Waals surface area (Å²) in [5.74, 6) is -0.0571. The number of nitrogens with two attached hydrogens (primary N) is 1. The molecule has 0 radical (unpaired) electrons. The van der Waals surface area contributed by atoms with Crippen molar-refractivity contribution in [2.24, 2.45) is 0 Å². The lowest BCUT2D eigenvalue weighted by Gasteiger charge is -2.22. The molecule has 0 unspecified atom stereocenters. The Labute approximate surface area is 180 Å². The van der Waals surface area contributed by atoms with E-state index in [0.29, 0.717) is 22.3 Å². The van der Waals surface area contributed by atoms with Gasteiger partial charge in [-0.25, -0.2) is 13.4 Å². The van der Waals surface area contributed by atoms with Crippen LogP contribution in [0.15, 0.2) is 53.8 Å². The molecular formula is C20H23ClN6O2S. The molecule has 1 aliphatic rings. The van der Waals surface area contributed by atoms with Crippen LogP contribution in [-0.2, 0) is 10.0 Å². The van der Waals surface area contributed by atoms with Crippen LogP contribution in [0.4, 0.5) is 11.5 Å². The van der Waals surface area contributed by atoms with Crippen LogP contribution in [0.2, 0.25) is 5.02 Å². The van der Waals surface area contributed by atoms with E-state index in [1.165, 1.54) is 7.05 Å². The number of halogens is 1. The predicted molar refractivity (Wildman–Crippen MR) is 118 cm³/mol. The molecule has 3 N–H and O–H groups in total. The van der Waals surface area contributed by atoms with Gasteiger partial charge in [0.05, 0.1) is 17.9 Å². The summed E-state index contributed by atoms with van der Waals surface area (Å²) in [5, 5.41) is 8.26. The van der Waals surface area contributed by atoms with E-state index in [-0.39, 0.29) is 10.7 Å². The van der Waals surface area contributed by atoms with E-state index in [9.17, 15) is 8.42 Å². The fraction of sp³-hybridized carbons (Fsp3) is 0.300. The number of pyridine rings is 1. The first-order valence-electron chi connectivity index (χ1n) is 9.61. The Balaban J connectivity index is 1.67. The van der Waals surface area contributed by atoms with Gasteiger partial charge in [-0.1, -0.05) is 17.7 Å². The van der Waals surface area contributed by atoms with E-state index in [2.05, 4.69) is 15.4 Å². The van der Waals surface area contributed by atoms with E-state index < -0.39 is 10.0 Å². The van der Waals surface area contributed by atoms with Crippen molar-refractivity contribution in [1.29, 1.82) is 0 Å². The number of hydrogen-bond donors (Lipinski definition) is 2. The van der Waals surface area contributed by atoms with Gasteiger partial charge in [-0.3, -0.25) is 8.99 Å². The standard InChI is InChI=1S/C20H23ClN6O2S/c1-26(18-4-2-3-16(21)10-18)30(28,29)19-9-14(11-24-20(19)22)15-12-25-27(13-15)17-5-7-23-8-6-17/h2-4,9-13,17,23H,5-8H2,1H3,(H2,22,24). The fourth-order valence-electron chi connectivity index (χ4n) is 3.54. The zero-order valence-electron chi connectivity index (χ0n) is 16.5. The molecule has 0 bridgehead atoms. The molecule has 1 saturated heterocycles. The summed E-state index contributed by atoms with van der Waals surface area (Å²) < 4.78 is 29.6. The Bertz CT molecular complexity index is 1160. The van der Waals surface area contributed by atoms with E-state index in [4.69, 9.17) is 17.3 Å². The van der Waals surface area contributed by atoms with Crippen molar-refractivity contribution in [2.75, 3.05) is 30.2 Å². The second kappa shape index (κ2) is 8.25. The van der Waals surface area contributed by atoms with Crippen LogP contribution in [0.5, 0.6) is 0 Å². The number of hydrogen-bond acceptors (Lipinski definition) is 6. The molecule has 2 aromatic heterocycles. The van der Waals surface area contributed by atoms with Crippen LogP contribution < -0.4 is 15.4 Å². The Kier molecular flexibility index (Phi) is 5.68. The first-order valence-corrected chi connectivity index (χ1v) is 11.4. The van der Waals surface area contributed by atoms with Gasteiger partial charge in [-0.05, 0) is 50.2 Å². The molecule has 0 atom stereocenters. The molecule has 0 amide bonds. The van der Waals surface area contributed by atoms with Crippen LogP contribution >= 0.6 is 11.6 Å². The number of piperidine rings is 1. The Morgan fingerprint density at radius 1 is 1.20 bits per heavy atom. The maximum Gasteiger partial charge on any atom is 0.267 e. The van der Waals surface area contributed by atoms with Gasteiger partial charge in [0.25, 0.3) is 10.0 Å². The highest BCUT2D eigenvalue weighted by atomic mass is 35.5. The highest BCUT2D eigenvalue weighted by molar-refractivity contribution is 7.93. The highest BCUT2D eigenvalue weighted by Gasteiger charge is 2.26. The second-order valence-corrected chi connectivity index (χ2v) is 9.62. The molecule has 4 rings (SSSR count). The Hall–Kier alpha value is -2.62. The minimum Gasteiger partial charge on any atom is -0.383 e. The number of sulfonamides is 1. The van der Waals surface area contributed by atoms with Crippen molar-refractivity contribution in [3.05, 3.63) is 53.9 Å². The van der Waals surface area contributed by atoms with Gasteiger partial charge in [0, 0.05) is 35.6 Å². The SMILES string of the molecule is CN(c1cccc(Cl)c1)S(=O)(=O)c1cc(-c2cnn(C3CCNCC3)c2)cnc1N. The molecule has 1 aromatic carbocycles. The van der Waals surface area contributed by atoms with Gasteiger partial charge in [-0.15, -0.1) is 0 Å². The number of nitrogens with one attached hydrogen (secondary N) is 1. The van der Waals surface area contributed by atoms with Gasteiger partial charge >= 0.3 is 0 Å². The van der Waals surface area contributed by atoms with Gasteiger partial charge in [0.15, 0.2) is 0 Å². The van der Waals surface area contributed by atoms with Gasteiger partial charge in [0.2, 0.25) is 0 Å². The van der Waals surface area contributed by atoms with Crippen molar-refractivity contribution < 1.29 is 8.42 Å². The molecule has 30 heavy (non-hydrogen) atoms. The molecule has 1 aliphatic heterocycles. The van der Waals surface area contributed by atoms with Crippen LogP contribution in [0.25, 0.3) is 11.1 Å². The van der Waals surface area contributed by atoms with E-state index in [1.54, 1.807) is 42.7 Å². The summed E-state index contributed by atoms with van der Waals surface area (Å²) in [7, 11) is -2.47. The third kappa shape index (κ3) is 4.00. The normalized spacial score (nSPS) is 15.3. The van der Waals surface area contributed by atoms with Crippen molar-refractivity contribution in [1.82, 2.24) is 20.1 Å². The lowest BCUT2D eigenvalue weighted by molar-refractivity contribution is 0.343. The first-order chi connectivity index (χ1) is 14.4. The van der Waals surface area contributed by atoms with Gasteiger partial charge in [0.1, 0.15) is 10.7 Å². The summed E-state index contributed by atoms with van der Waals surface area (Å²) in [6.45, 7) is 1.92. The summed E-state index contributed by atoms with van der Waals surface area (Å²) in [4.78, 5) is 4.08. The van der Waals surface area contributed by atoms with Crippen molar-refractivity contribution >= 4 is 33.1 Å². The largest absolute Gasteiger partial charge is 0.383 e. The molecule has 8 nitrogen and oxygen atoms in total. The molecular weight excluding hydrogens is 424 g/mol. The zero-order valence-corrected chi connectivity index (χ0v) is 18.1. The molecule has 0 saturated carbocycles.